The summed E-state index contributed by atoms with van der Waals surface area (Å²) in [6.07, 6.45) is 1.93. The molecule has 1 rings (SSSR count). The average molecular weight is 331 g/mol. The molecule has 0 aliphatic rings. The van der Waals surface area contributed by atoms with Gasteiger partial charge in [0.1, 0.15) is 5.78 Å². The Morgan fingerprint density at radius 3 is 2.61 bits per heavy atom. The number of hydrogen-bond donors (Lipinski definition) is 0. The fourth-order valence-electron chi connectivity index (χ4n) is 1.49. The fourth-order valence-corrected chi connectivity index (χ4v) is 2.33. The number of halogens is 1. The molecule has 0 bridgehead atoms. The largest absolute Gasteiger partial charge is 0.462 e. The van der Waals surface area contributed by atoms with Crippen LogP contribution in [-0.4, -0.2) is 24.6 Å². The van der Waals surface area contributed by atoms with Crippen molar-refractivity contribution < 1.29 is 14.3 Å². The summed E-state index contributed by atoms with van der Waals surface area (Å²) in [4.78, 5) is 23.8. The summed E-state index contributed by atoms with van der Waals surface area (Å²) in [6, 6.07) is 5.44. The highest BCUT2D eigenvalue weighted by Crippen LogP contribution is 2.30. The molecule has 0 fully saturated rings. The van der Waals surface area contributed by atoms with Gasteiger partial charge in [0, 0.05) is 4.90 Å². The number of thioether (sulfide) groups is 1. The van der Waals surface area contributed by atoms with E-state index in [0.717, 1.165) is 4.90 Å². The first-order valence-electron chi connectivity index (χ1n) is 5.50. The van der Waals surface area contributed by atoms with E-state index in [0.29, 0.717) is 17.7 Å². The van der Waals surface area contributed by atoms with E-state index >= 15 is 0 Å². The van der Waals surface area contributed by atoms with Gasteiger partial charge in [0.05, 0.1) is 17.0 Å². The van der Waals surface area contributed by atoms with Crippen LogP contribution in [0.15, 0.2) is 23.1 Å². The smallest absolute Gasteiger partial charge is 0.338 e. The van der Waals surface area contributed by atoms with Crippen molar-refractivity contribution in [3.63, 3.8) is 0 Å². The first-order valence-corrected chi connectivity index (χ1v) is 7.64. The van der Waals surface area contributed by atoms with Gasteiger partial charge in [-0.05, 0) is 37.8 Å². The van der Waals surface area contributed by atoms with Gasteiger partial charge in [-0.15, -0.1) is 11.8 Å². The van der Waals surface area contributed by atoms with Crippen LogP contribution in [0.25, 0.3) is 0 Å². The van der Waals surface area contributed by atoms with Crippen molar-refractivity contribution in [3.05, 3.63) is 29.3 Å². The lowest BCUT2D eigenvalue weighted by Crippen LogP contribution is -2.12. The minimum absolute atomic E-state index is 0.0440. The number of esters is 1. The maximum absolute atomic E-state index is 11.9. The average Bonchev–Trinajstić information content (AvgIpc) is 2.37. The van der Waals surface area contributed by atoms with E-state index in [9.17, 15) is 9.59 Å². The van der Waals surface area contributed by atoms with Crippen LogP contribution in [0.2, 0.25) is 0 Å². The Balaban J connectivity index is 3.24. The predicted molar refractivity (Wildman–Crippen MR) is 76.5 cm³/mol. The van der Waals surface area contributed by atoms with Crippen LogP contribution in [0.4, 0.5) is 0 Å². The Kier molecular flexibility index (Phi) is 5.88. The quantitative estimate of drug-likeness (QED) is 0.470. The molecular weight excluding hydrogens is 316 g/mol. The summed E-state index contributed by atoms with van der Waals surface area (Å²) >= 11 is 4.84. The number of Topliss-reactive ketones (excluding diaryl/α,β-unsaturated/α-hetero) is 1. The third-order valence-electron chi connectivity index (χ3n) is 2.39. The van der Waals surface area contributed by atoms with Gasteiger partial charge < -0.3 is 4.74 Å². The van der Waals surface area contributed by atoms with E-state index in [4.69, 9.17) is 4.74 Å². The summed E-state index contributed by atoms with van der Waals surface area (Å²) in [6.45, 7) is 3.55. The molecule has 0 amide bonds. The second-order valence-electron chi connectivity index (χ2n) is 3.65. The lowest BCUT2D eigenvalue weighted by atomic mass is 10.0. The minimum atomic E-state index is -0.479. The zero-order chi connectivity index (χ0) is 13.7. The first kappa shape index (κ1) is 15.2. The highest BCUT2D eigenvalue weighted by molar-refractivity contribution is 9.09. The monoisotopic (exact) mass is 330 g/mol. The summed E-state index contributed by atoms with van der Waals surface area (Å²) in [5.41, 5.74) is 1.10. The predicted octanol–water partition coefficient (Wildman–Crippen LogP) is 3.61. The van der Waals surface area contributed by atoms with Crippen molar-refractivity contribution in [2.24, 2.45) is 0 Å². The zero-order valence-electron chi connectivity index (χ0n) is 10.5. The third-order valence-corrected chi connectivity index (χ3v) is 4.25. The van der Waals surface area contributed by atoms with Gasteiger partial charge in [0.2, 0.25) is 0 Å². The summed E-state index contributed by atoms with van der Waals surface area (Å²) < 4.78 is 5.02. The highest BCUT2D eigenvalue weighted by Gasteiger charge is 2.21. The minimum Gasteiger partial charge on any atom is -0.462 e. The van der Waals surface area contributed by atoms with E-state index < -0.39 is 10.8 Å². The van der Waals surface area contributed by atoms with Gasteiger partial charge in [-0.25, -0.2) is 4.79 Å². The van der Waals surface area contributed by atoms with Crippen molar-refractivity contribution in [2.75, 3.05) is 12.9 Å². The van der Waals surface area contributed by atoms with Crippen molar-refractivity contribution in [1.82, 2.24) is 0 Å². The van der Waals surface area contributed by atoms with Crippen LogP contribution in [-0.2, 0) is 9.53 Å². The molecule has 1 aromatic rings. The summed E-state index contributed by atoms with van der Waals surface area (Å²) in [5.74, 6) is -0.438. The van der Waals surface area contributed by atoms with E-state index in [-0.39, 0.29) is 5.78 Å². The molecule has 0 heterocycles. The van der Waals surface area contributed by atoms with Crippen molar-refractivity contribution in [3.8, 4) is 0 Å². The van der Waals surface area contributed by atoms with Crippen LogP contribution in [0.3, 0.4) is 0 Å². The Bertz CT molecular complexity index is 460. The van der Waals surface area contributed by atoms with Gasteiger partial charge in [-0.1, -0.05) is 22.0 Å². The molecule has 0 N–H and O–H groups in total. The van der Waals surface area contributed by atoms with Crippen LogP contribution in [0.5, 0.6) is 0 Å². The standard InChI is InChI=1S/C13H15BrO3S/c1-4-17-13(16)11-7-9(18-3)5-6-10(11)12(14)8(2)15/h5-7,12H,4H2,1-3H3. The van der Waals surface area contributed by atoms with E-state index in [1.54, 1.807) is 19.1 Å². The lowest BCUT2D eigenvalue weighted by Gasteiger charge is -2.13. The Morgan fingerprint density at radius 2 is 2.11 bits per heavy atom. The molecule has 1 unspecified atom stereocenters. The molecule has 3 nitrogen and oxygen atoms in total. The molecule has 98 valence electrons. The van der Waals surface area contributed by atoms with Gasteiger partial charge in [-0.2, -0.15) is 0 Å². The van der Waals surface area contributed by atoms with Gasteiger partial charge in [0.15, 0.2) is 0 Å². The molecule has 5 heteroatoms. The number of ether oxygens (including phenoxy) is 1. The molecule has 0 aromatic heterocycles. The molecule has 0 radical (unpaired) electrons. The molecule has 0 saturated carbocycles. The molecule has 0 spiro atoms. The van der Waals surface area contributed by atoms with Crippen molar-refractivity contribution >= 4 is 39.4 Å². The first-order chi connectivity index (χ1) is 8.51. The topological polar surface area (TPSA) is 43.4 Å². The van der Waals surface area contributed by atoms with Gasteiger partial charge >= 0.3 is 5.97 Å². The number of carbonyl (C=O) groups is 2. The number of alkyl halides is 1. The Hall–Kier alpha value is -0.810. The number of rotatable bonds is 5. The van der Waals surface area contributed by atoms with E-state index in [1.807, 2.05) is 12.3 Å². The number of benzene rings is 1. The SMILES string of the molecule is CCOC(=O)c1cc(SC)ccc1C(Br)C(C)=O. The van der Waals surface area contributed by atoms with Crippen molar-refractivity contribution in [2.45, 2.75) is 23.6 Å². The van der Waals surface area contributed by atoms with Crippen LogP contribution in [0.1, 0.15) is 34.6 Å². The van der Waals surface area contributed by atoms with Crippen LogP contribution < -0.4 is 0 Å². The normalized spacial score (nSPS) is 12.0. The fraction of sp³-hybridized carbons (Fsp3) is 0.385. The third kappa shape index (κ3) is 3.59. The van der Waals surface area contributed by atoms with E-state index in [1.165, 1.54) is 18.7 Å². The maximum Gasteiger partial charge on any atom is 0.338 e. The summed E-state index contributed by atoms with van der Waals surface area (Å²) in [5, 5.41) is 0. The maximum atomic E-state index is 11.9. The molecular formula is C13H15BrO3S. The second-order valence-corrected chi connectivity index (χ2v) is 5.44. The summed E-state index contributed by atoms with van der Waals surface area (Å²) in [7, 11) is 0. The molecule has 0 saturated heterocycles. The highest BCUT2D eigenvalue weighted by atomic mass is 79.9. The van der Waals surface area contributed by atoms with Crippen molar-refractivity contribution in [1.29, 1.82) is 0 Å². The van der Waals surface area contributed by atoms with E-state index in [2.05, 4.69) is 15.9 Å². The van der Waals surface area contributed by atoms with Crippen LogP contribution in [0, 0.1) is 0 Å². The molecule has 1 atom stereocenters. The number of carbonyl (C=O) groups excluding carboxylic acids is 2. The molecule has 0 aliphatic heterocycles. The van der Waals surface area contributed by atoms with Crippen LogP contribution >= 0.6 is 27.7 Å². The second kappa shape index (κ2) is 6.95. The number of hydrogen-bond acceptors (Lipinski definition) is 4. The Morgan fingerprint density at radius 1 is 1.44 bits per heavy atom. The van der Waals surface area contributed by atoms with Gasteiger partial charge in [0.25, 0.3) is 0 Å². The van der Waals surface area contributed by atoms with Gasteiger partial charge in [-0.3, -0.25) is 4.79 Å². The molecule has 0 aliphatic carbocycles. The Labute approximate surface area is 119 Å². The lowest BCUT2D eigenvalue weighted by molar-refractivity contribution is -0.116. The molecule has 18 heavy (non-hydrogen) atoms. The number of ketones is 1. The molecule has 1 aromatic carbocycles. The zero-order valence-corrected chi connectivity index (χ0v) is 12.9.